The van der Waals surface area contributed by atoms with Gasteiger partial charge < -0.3 is 25.4 Å². The number of amides is 3. The Morgan fingerprint density at radius 1 is 1.14 bits per heavy atom. The van der Waals surface area contributed by atoms with Crippen molar-refractivity contribution in [2.75, 3.05) is 18.5 Å². The summed E-state index contributed by atoms with van der Waals surface area (Å²) in [7, 11) is 0. The van der Waals surface area contributed by atoms with Gasteiger partial charge in [0, 0.05) is 17.1 Å². The molecule has 3 aliphatic heterocycles. The van der Waals surface area contributed by atoms with Crippen molar-refractivity contribution in [3.63, 3.8) is 0 Å². The summed E-state index contributed by atoms with van der Waals surface area (Å²) in [6.07, 6.45) is 1.58. The molecule has 0 aromatic heterocycles. The highest BCUT2D eigenvalue weighted by Gasteiger charge is 2.77. The molecule has 7 atom stereocenters. The molecule has 2 aromatic carbocycles. The number of unbranched alkanes of at least 4 members (excludes halogenated alkanes) is 1. The molecule has 3 aliphatic rings. The zero-order valence-corrected chi connectivity index (χ0v) is 22.3. The third-order valence-electron chi connectivity index (χ3n) is 7.84. The number of likely N-dealkylation sites (tertiary alicyclic amines) is 1. The number of fused-ring (bicyclic) bond motifs is 1. The number of aliphatic hydroxyl groups is 1. The fourth-order valence-electron chi connectivity index (χ4n) is 6.26. The van der Waals surface area contributed by atoms with E-state index in [1.54, 1.807) is 12.1 Å². The number of nitrogens with one attached hydrogen (secondary N) is 2. The molecule has 0 aliphatic carbocycles. The van der Waals surface area contributed by atoms with Crippen LogP contribution in [0.25, 0.3) is 0 Å². The maximum absolute atomic E-state index is 14.2. The van der Waals surface area contributed by atoms with Crippen LogP contribution < -0.4 is 10.6 Å². The number of hydrogen-bond donors (Lipinski definition) is 3. The molecule has 3 unspecified atom stereocenters. The predicted octanol–water partition coefficient (Wildman–Crippen LogP) is 3.02. The van der Waals surface area contributed by atoms with Crippen LogP contribution in [0.1, 0.15) is 37.8 Å². The number of aliphatic hydroxyl groups excluding tert-OH is 1. The number of anilines is 1. The van der Waals surface area contributed by atoms with Crippen LogP contribution in [0.5, 0.6) is 0 Å². The van der Waals surface area contributed by atoms with Crippen molar-refractivity contribution in [3.8, 4) is 0 Å². The van der Waals surface area contributed by atoms with Crippen molar-refractivity contribution in [1.82, 2.24) is 10.2 Å². The van der Waals surface area contributed by atoms with Gasteiger partial charge in [-0.3, -0.25) is 14.4 Å². The Labute approximate surface area is 224 Å². The summed E-state index contributed by atoms with van der Waals surface area (Å²) in [6.45, 7) is 2.15. The standard InChI is InChI=1S/C28H32BrN3O5/c1-2-3-14-30-26(35)24-28-15-19(29)23(37-28)21(25(34)31-18-12-8-5-9-13-18)22(28)27(36)32(24)20(16-33)17-10-6-4-7-11-17/h4-13,19-24,33H,2-3,14-16H2,1H3,(H,30,35)(H,31,34)/t19?,20-,21-,22+,23-,24?,28?/m1/s1. The predicted molar refractivity (Wildman–Crippen MR) is 142 cm³/mol. The Hall–Kier alpha value is -2.75. The van der Waals surface area contributed by atoms with Gasteiger partial charge in [0.05, 0.1) is 30.6 Å². The van der Waals surface area contributed by atoms with E-state index in [0.717, 1.165) is 18.4 Å². The molecule has 196 valence electrons. The first-order valence-electron chi connectivity index (χ1n) is 12.9. The zero-order valence-electron chi connectivity index (χ0n) is 20.7. The quantitative estimate of drug-likeness (QED) is 0.318. The normalized spacial score (nSPS) is 30.7. The molecule has 0 radical (unpaired) electrons. The van der Waals surface area contributed by atoms with E-state index in [2.05, 4.69) is 26.6 Å². The summed E-state index contributed by atoms with van der Waals surface area (Å²) in [5.74, 6) is -2.59. The summed E-state index contributed by atoms with van der Waals surface area (Å²) >= 11 is 3.68. The molecule has 3 amide bonds. The van der Waals surface area contributed by atoms with Crippen molar-refractivity contribution < 1.29 is 24.2 Å². The van der Waals surface area contributed by atoms with Crippen LogP contribution in [0, 0.1) is 11.8 Å². The van der Waals surface area contributed by atoms with Crippen LogP contribution in [-0.2, 0) is 19.1 Å². The van der Waals surface area contributed by atoms with Gasteiger partial charge in [-0.1, -0.05) is 77.8 Å². The summed E-state index contributed by atoms with van der Waals surface area (Å²) in [5, 5.41) is 16.4. The highest BCUT2D eigenvalue weighted by atomic mass is 79.9. The van der Waals surface area contributed by atoms with Crippen molar-refractivity contribution in [3.05, 3.63) is 66.2 Å². The number of nitrogens with zero attached hydrogens (tertiary/aromatic N) is 1. The maximum Gasteiger partial charge on any atom is 0.245 e. The Kier molecular flexibility index (Phi) is 7.38. The van der Waals surface area contributed by atoms with Gasteiger partial charge in [-0.05, 0) is 30.5 Å². The fourth-order valence-corrected chi connectivity index (χ4v) is 7.21. The van der Waals surface area contributed by atoms with E-state index < -0.39 is 35.6 Å². The van der Waals surface area contributed by atoms with Gasteiger partial charge in [-0.15, -0.1) is 0 Å². The molecule has 2 aromatic rings. The maximum atomic E-state index is 14.2. The average Bonchev–Trinajstić information content (AvgIpc) is 3.49. The topological polar surface area (TPSA) is 108 Å². The van der Waals surface area contributed by atoms with Crippen LogP contribution in [0.3, 0.4) is 0 Å². The molecule has 5 rings (SSSR count). The summed E-state index contributed by atoms with van der Waals surface area (Å²) in [5.41, 5.74) is 0.174. The SMILES string of the molecule is CCCCNC(=O)C1N([C@H](CO)c2ccccc2)C(=O)[C@@H]2[C@@H](C(=O)Nc3ccccc3)[C@@H]3OC12CC3Br. The van der Waals surface area contributed by atoms with Crippen molar-refractivity contribution in [2.24, 2.45) is 11.8 Å². The van der Waals surface area contributed by atoms with Gasteiger partial charge in [0.15, 0.2) is 0 Å². The lowest BCUT2D eigenvalue weighted by molar-refractivity contribution is -0.145. The first kappa shape index (κ1) is 25.9. The van der Waals surface area contributed by atoms with Crippen molar-refractivity contribution in [1.29, 1.82) is 0 Å². The molecule has 3 saturated heterocycles. The smallest absolute Gasteiger partial charge is 0.245 e. The number of alkyl halides is 1. The van der Waals surface area contributed by atoms with E-state index >= 15 is 0 Å². The van der Waals surface area contributed by atoms with Crippen LogP contribution >= 0.6 is 15.9 Å². The van der Waals surface area contributed by atoms with E-state index in [4.69, 9.17) is 4.74 Å². The lowest BCUT2D eigenvalue weighted by Gasteiger charge is -2.37. The number of rotatable bonds is 9. The number of ether oxygens (including phenoxy) is 1. The largest absolute Gasteiger partial charge is 0.394 e. The Balaban J connectivity index is 1.55. The number of benzene rings is 2. The van der Waals surface area contributed by atoms with E-state index in [-0.39, 0.29) is 29.2 Å². The summed E-state index contributed by atoms with van der Waals surface area (Å²) in [6, 6.07) is 16.6. The van der Waals surface area contributed by atoms with Crippen molar-refractivity contribution in [2.45, 2.75) is 54.8 Å². The molecule has 0 saturated carbocycles. The molecule has 3 fully saturated rings. The summed E-state index contributed by atoms with van der Waals surface area (Å²) in [4.78, 5) is 42.9. The molecule has 3 N–H and O–H groups in total. The lowest BCUT2D eigenvalue weighted by Crippen LogP contribution is -2.56. The first-order valence-corrected chi connectivity index (χ1v) is 13.8. The third-order valence-corrected chi connectivity index (χ3v) is 8.69. The van der Waals surface area contributed by atoms with E-state index in [1.807, 2.05) is 55.5 Å². The molecule has 2 bridgehead atoms. The van der Waals surface area contributed by atoms with Crippen LogP contribution in [0.2, 0.25) is 0 Å². The Bertz CT molecular complexity index is 1150. The van der Waals surface area contributed by atoms with Crippen LogP contribution in [0.4, 0.5) is 5.69 Å². The van der Waals surface area contributed by atoms with Gasteiger partial charge in [0.2, 0.25) is 17.7 Å². The summed E-state index contributed by atoms with van der Waals surface area (Å²) < 4.78 is 6.53. The second-order valence-electron chi connectivity index (χ2n) is 10.0. The van der Waals surface area contributed by atoms with Gasteiger partial charge >= 0.3 is 0 Å². The second-order valence-corrected chi connectivity index (χ2v) is 11.2. The first-order chi connectivity index (χ1) is 17.9. The minimum atomic E-state index is -1.17. The van der Waals surface area contributed by atoms with Gasteiger partial charge in [0.25, 0.3) is 0 Å². The molecule has 8 nitrogen and oxygen atoms in total. The number of carbonyl (C=O) groups is 3. The Morgan fingerprint density at radius 2 is 1.81 bits per heavy atom. The Morgan fingerprint density at radius 3 is 2.46 bits per heavy atom. The highest BCUT2D eigenvalue weighted by molar-refractivity contribution is 9.09. The number of para-hydroxylation sites is 1. The van der Waals surface area contributed by atoms with E-state index in [9.17, 15) is 19.5 Å². The molecule has 37 heavy (non-hydrogen) atoms. The van der Waals surface area contributed by atoms with Crippen molar-refractivity contribution >= 4 is 39.3 Å². The number of carbonyl (C=O) groups excluding carboxylic acids is 3. The third kappa shape index (κ3) is 4.36. The number of hydrogen-bond acceptors (Lipinski definition) is 5. The van der Waals surface area contributed by atoms with Gasteiger partial charge in [0.1, 0.15) is 11.6 Å². The van der Waals surface area contributed by atoms with Gasteiger partial charge in [-0.2, -0.15) is 0 Å². The van der Waals surface area contributed by atoms with Gasteiger partial charge in [-0.25, -0.2) is 0 Å². The minimum Gasteiger partial charge on any atom is -0.394 e. The number of halogens is 1. The fraction of sp³-hybridized carbons (Fsp3) is 0.464. The second kappa shape index (κ2) is 10.6. The highest BCUT2D eigenvalue weighted by Crippen LogP contribution is 2.61. The minimum absolute atomic E-state index is 0.196. The van der Waals surface area contributed by atoms with E-state index in [1.165, 1.54) is 4.90 Å². The molecule has 1 spiro atoms. The average molecular weight is 570 g/mol. The molecular formula is C28H32BrN3O5. The molecule has 9 heteroatoms. The van der Waals surface area contributed by atoms with Crippen LogP contribution in [-0.4, -0.2) is 63.5 Å². The van der Waals surface area contributed by atoms with E-state index in [0.29, 0.717) is 18.7 Å². The zero-order chi connectivity index (χ0) is 26.2. The molecule has 3 heterocycles. The molecular weight excluding hydrogens is 538 g/mol. The lowest BCUT2D eigenvalue weighted by atomic mass is 9.70. The monoisotopic (exact) mass is 569 g/mol. The van der Waals surface area contributed by atoms with Crippen LogP contribution in [0.15, 0.2) is 60.7 Å².